The lowest BCUT2D eigenvalue weighted by Crippen LogP contribution is -2.11. The van der Waals surface area contributed by atoms with E-state index in [1.165, 1.54) is 6.07 Å². The SMILES string of the molecule is Cc1cccc(C(C)(F)F)c1CO. The van der Waals surface area contributed by atoms with Gasteiger partial charge in [-0.05, 0) is 18.1 Å². The summed E-state index contributed by atoms with van der Waals surface area (Å²) in [4.78, 5) is 0. The molecule has 13 heavy (non-hydrogen) atoms. The Morgan fingerprint density at radius 3 is 2.38 bits per heavy atom. The van der Waals surface area contributed by atoms with Gasteiger partial charge in [0.05, 0.1) is 6.61 Å². The van der Waals surface area contributed by atoms with Crippen LogP contribution in [0.15, 0.2) is 18.2 Å². The van der Waals surface area contributed by atoms with Gasteiger partial charge in [0.2, 0.25) is 0 Å². The zero-order valence-corrected chi connectivity index (χ0v) is 7.64. The third-order valence-corrected chi connectivity index (χ3v) is 2.04. The van der Waals surface area contributed by atoms with Gasteiger partial charge in [-0.25, -0.2) is 8.78 Å². The van der Waals surface area contributed by atoms with Crippen molar-refractivity contribution in [3.8, 4) is 0 Å². The minimum absolute atomic E-state index is 0.0880. The topological polar surface area (TPSA) is 20.2 Å². The zero-order valence-electron chi connectivity index (χ0n) is 7.64. The van der Waals surface area contributed by atoms with E-state index in [2.05, 4.69) is 0 Å². The van der Waals surface area contributed by atoms with E-state index >= 15 is 0 Å². The maximum Gasteiger partial charge on any atom is 0.270 e. The molecule has 0 aliphatic heterocycles. The predicted octanol–water partition coefficient (Wildman–Crippen LogP) is 2.60. The van der Waals surface area contributed by atoms with E-state index in [1.54, 1.807) is 19.1 Å². The summed E-state index contributed by atoms with van der Waals surface area (Å²) in [7, 11) is 0. The molecule has 1 N–H and O–H groups in total. The van der Waals surface area contributed by atoms with Gasteiger partial charge in [-0.2, -0.15) is 0 Å². The molecule has 0 aliphatic carbocycles. The Hall–Kier alpha value is -0.960. The van der Waals surface area contributed by atoms with Gasteiger partial charge in [0, 0.05) is 12.5 Å². The Labute approximate surface area is 76.0 Å². The molecule has 0 bridgehead atoms. The molecule has 0 fully saturated rings. The average Bonchev–Trinajstić information content (AvgIpc) is 2.02. The van der Waals surface area contributed by atoms with Crippen LogP contribution in [0.3, 0.4) is 0 Å². The fourth-order valence-corrected chi connectivity index (χ4v) is 1.32. The van der Waals surface area contributed by atoms with E-state index in [0.717, 1.165) is 6.92 Å². The van der Waals surface area contributed by atoms with Crippen molar-refractivity contribution < 1.29 is 13.9 Å². The summed E-state index contributed by atoms with van der Waals surface area (Å²) in [5.41, 5.74) is 0.937. The van der Waals surface area contributed by atoms with E-state index < -0.39 is 5.92 Å². The molecule has 0 saturated heterocycles. The highest BCUT2D eigenvalue weighted by Crippen LogP contribution is 2.31. The Morgan fingerprint density at radius 2 is 2.00 bits per heavy atom. The summed E-state index contributed by atoms with van der Waals surface area (Å²) in [5, 5.41) is 8.93. The van der Waals surface area contributed by atoms with E-state index in [1.807, 2.05) is 0 Å². The summed E-state index contributed by atoms with van der Waals surface area (Å²) in [5.74, 6) is -2.88. The molecular weight excluding hydrogens is 174 g/mol. The highest BCUT2D eigenvalue weighted by molar-refractivity contribution is 5.36. The van der Waals surface area contributed by atoms with E-state index in [-0.39, 0.29) is 12.2 Å². The maximum atomic E-state index is 13.0. The summed E-state index contributed by atoms with van der Waals surface area (Å²) in [6.45, 7) is 2.20. The van der Waals surface area contributed by atoms with Gasteiger partial charge in [0.1, 0.15) is 0 Å². The maximum absolute atomic E-state index is 13.0. The van der Waals surface area contributed by atoms with Gasteiger partial charge in [0.15, 0.2) is 0 Å². The molecule has 0 amide bonds. The lowest BCUT2D eigenvalue weighted by Gasteiger charge is -2.16. The first-order chi connectivity index (χ1) is 5.96. The Kier molecular flexibility index (Phi) is 2.66. The highest BCUT2D eigenvalue weighted by Gasteiger charge is 2.27. The Bertz CT molecular complexity index is 302. The lowest BCUT2D eigenvalue weighted by molar-refractivity contribution is 0.0153. The number of aliphatic hydroxyl groups is 1. The van der Waals surface area contributed by atoms with Crippen LogP contribution >= 0.6 is 0 Å². The van der Waals surface area contributed by atoms with Crippen LogP contribution in [0.2, 0.25) is 0 Å². The molecule has 0 unspecified atom stereocenters. The number of hydrogen-bond acceptors (Lipinski definition) is 1. The van der Waals surface area contributed by atoms with Gasteiger partial charge >= 0.3 is 0 Å². The number of rotatable bonds is 2. The van der Waals surface area contributed by atoms with Crippen LogP contribution in [0, 0.1) is 6.92 Å². The number of benzene rings is 1. The highest BCUT2D eigenvalue weighted by atomic mass is 19.3. The van der Waals surface area contributed by atoms with Crippen molar-refractivity contribution in [2.45, 2.75) is 26.4 Å². The second-order valence-electron chi connectivity index (χ2n) is 3.15. The lowest BCUT2D eigenvalue weighted by atomic mass is 9.99. The monoisotopic (exact) mass is 186 g/mol. The quantitative estimate of drug-likeness (QED) is 0.752. The molecular formula is C10H12F2O. The fourth-order valence-electron chi connectivity index (χ4n) is 1.32. The van der Waals surface area contributed by atoms with Crippen molar-refractivity contribution in [1.82, 2.24) is 0 Å². The molecule has 0 saturated carbocycles. The largest absolute Gasteiger partial charge is 0.392 e. The van der Waals surface area contributed by atoms with Crippen LogP contribution in [0.5, 0.6) is 0 Å². The van der Waals surface area contributed by atoms with Crippen LogP contribution in [0.25, 0.3) is 0 Å². The molecule has 1 aromatic carbocycles. The van der Waals surface area contributed by atoms with Crippen LogP contribution < -0.4 is 0 Å². The average molecular weight is 186 g/mol. The fraction of sp³-hybridized carbons (Fsp3) is 0.400. The summed E-state index contributed by atoms with van der Waals surface area (Å²) < 4.78 is 25.9. The molecule has 0 aliphatic rings. The first kappa shape index (κ1) is 10.1. The molecule has 3 heteroatoms. The summed E-state index contributed by atoms with van der Waals surface area (Å²) >= 11 is 0. The second kappa shape index (κ2) is 3.42. The van der Waals surface area contributed by atoms with Gasteiger partial charge < -0.3 is 5.11 Å². The first-order valence-electron chi connectivity index (χ1n) is 4.04. The van der Waals surface area contributed by atoms with E-state index in [0.29, 0.717) is 11.1 Å². The summed E-state index contributed by atoms with van der Waals surface area (Å²) in [6.07, 6.45) is 0. The molecule has 0 heterocycles. The molecule has 1 rings (SSSR count). The molecule has 0 radical (unpaired) electrons. The molecule has 0 atom stereocenters. The minimum atomic E-state index is -2.88. The predicted molar refractivity (Wildman–Crippen MR) is 46.7 cm³/mol. The molecule has 0 spiro atoms. The van der Waals surface area contributed by atoms with Crippen molar-refractivity contribution in [2.75, 3.05) is 0 Å². The minimum Gasteiger partial charge on any atom is -0.392 e. The number of aliphatic hydroxyl groups excluding tert-OH is 1. The van der Waals surface area contributed by atoms with Crippen molar-refractivity contribution in [2.24, 2.45) is 0 Å². The number of halogens is 2. The molecule has 72 valence electrons. The normalized spacial score (nSPS) is 11.8. The van der Waals surface area contributed by atoms with Gasteiger partial charge in [-0.3, -0.25) is 0 Å². The van der Waals surface area contributed by atoms with Crippen molar-refractivity contribution in [3.63, 3.8) is 0 Å². The number of aryl methyl sites for hydroxylation is 1. The number of alkyl halides is 2. The van der Waals surface area contributed by atoms with Crippen LogP contribution in [-0.4, -0.2) is 5.11 Å². The van der Waals surface area contributed by atoms with Crippen molar-refractivity contribution in [1.29, 1.82) is 0 Å². The molecule has 1 aromatic rings. The third kappa shape index (κ3) is 2.04. The van der Waals surface area contributed by atoms with Crippen molar-refractivity contribution >= 4 is 0 Å². The van der Waals surface area contributed by atoms with E-state index in [4.69, 9.17) is 5.11 Å². The molecule has 1 nitrogen and oxygen atoms in total. The standard InChI is InChI=1S/C10H12F2O/c1-7-4-3-5-9(8(7)6-13)10(2,11)12/h3-5,13H,6H2,1-2H3. The van der Waals surface area contributed by atoms with E-state index in [9.17, 15) is 8.78 Å². The first-order valence-corrected chi connectivity index (χ1v) is 4.04. The van der Waals surface area contributed by atoms with Gasteiger partial charge in [-0.15, -0.1) is 0 Å². The van der Waals surface area contributed by atoms with Crippen LogP contribution in [-0.2, 0) is 12.5 Å². The van der Waals surface area contributed by atoms with Gasteiger partial charge in [0.25, 0.3) is 5.92 Å². The smallest absolute Gasteiger partial charge is 0.270 e. The number of hydrogen-bond donors (Lipinski definition) is 1. The second-order valence-corrected chi connectivity index (χ2v) is 3.15. The van der Waals surface area contributed by atoms with Crippen molar-refractivity contribution in [3.05, 3.63) is 34.9 Å². The Balaban J connectivity index is 3.29. The zero-order chi connectivity index (χ0) is 10.1. The summed E-state index contributed by atoms with van der Waals surface area (Å²) in [6, 6.07) is 4.63. The Morgan fingerprint density at radius 1 is 1.38 bits per heavy atom. The van der Waals surface area contributed by atoms with Crippen LogP contribution in [0.1, 0.15) is 23.6 Å². The molecule has 0 aromatic heterocycles. The van der Waals surface area contributed by atoms with Gasteiger partial charge in [-0.1, -0.05) is 18.2 Å². The van der Waals surface area contributed by atoms with Crippen LogP contribution in [0.4, 0.5) is 8.78 Å². The third-order valence-electron chi connectivity index (χ3n) is 2.04.